The van der Waals surface area contributed by atoms with Crippen LogP contribution in [0.15, 0.2) is 176 Å². The largest absolute Gasteiger partial charge is 0.311 e. The normalized spacial score (nSPS) is 13.2. The highest BCUT2D eigenvalue weighted by Gasteiger charge is 2.43. The Morgan fingerprint density at radius 3 is 1.45 bits per heavy atom. The van der Waals surface area contributed by atoms with E-state index in [0.29, 0.717) is 0 Å². The third-order valence-corrected chi connectivity index (χ3v) is 10.8. The second-order valence-electron chi connectivity index (χ2n) is 13.3. The van der Waals surface area contributed by atoms with Crippen LogP contribution < -0.4 is 26.2 Å². The van der Waals surface area contributed by atoms with Gasteiger partial charge in [0.05, 0.1) is 0 Å². The van der Waals surface area contributed by atoms with E-state index < -0.39 is 0 Å². The van der Waals surface area contributed by atoms with E-state index in [1.165, 1.54) is 82.6 Å². The summed E-state index contributed by atoms with van der Waals surface area (Å²) in [6.07, 6.45) is 0. The molecular formula is C46H29BN2. The van der Waals surface area contributed by atoms with Gasteiger partial charge in [-0.2, -0.15) is 0 Å². The molecule has 226 valence electrons. The monoisotopic (exact) mass is 620 g/mol. The minimum atomic E-state index is 0.104. The molecule has 2 nitrogen and oxygen atoms in total. The number of fused-ring (bicyclic) bond motifs is 4. The van der Waals surface area contributed by atoms with Crippen molar-refractivity contribution in [1.29, 1.82) is 0 Å². The van der Waals surface area contributed by atoms with Crippen molar-refractivity contribution in [3.05, 3.63) is 176 Å². The van der Waals surface area contributed by atoms with Crippen LogP contribution >= 0.6 is 0 Å². The number of benzene rings is 9. The molecule has 0 atom stereocenters. The molecule has 0 amide bonds. The molecule has 2 aliphatic rings. The molecule has 2 heterocycles. The molecule has 0 aromatic heterocycles. The van der Waals surface area contributed by atoms with Gasteiger partial charge in [-0.05, 0) is 108 Å². The van der Waals surface area contributed by atoms with Crippen LogP contribution in [-0.4, -0.2) is 6.71 Å². The first-order chi connectivity index (χ1) is 24.3. The Kier molecular flexibility index (Phi) is 5.50. The van der Waals surface area contributed by atoms with Crippen LogP contribution in [0, 0.1) is 0 Å². The maximum absolute atomic E-state index is 2.49. The number of rotatable bonds is 3. The average molecular weight is 621 g/mol. The van der Waals surface area contributed by atoms with E-state index in [2.05, 4.69) is 186 Å². The number of hydrogen-bond donors (Lipinski definition) is 0. The summed E-state index contributed by atoms with van der Waals surface area (Å²) in [5.74, 6) is 0. The molecular weight excluding hydrogens is 591 g/mol. The smallest absolute Gasteiger partial charge is 0.252 e. The number of hydrogen-bond acceptors (Lipinski definition) is 2. The van der Waals surface area contributed by atoms with Gasteiger partial charge in [-0.3, -0.25) is 0 Å². The molecule has 9 aromatic rings. The van der Waals surface area contributed by atoms with Crippen LogP contribution in [0.4, 0.5) is 34.1 Å². The van der Waals surface area contributed by atoms with Crippen LogP contribution in [0.2, 0.25) is 0 Å². The molecule has 0 saturated heterocycles. The van der Waals surface area contributed by atoms with Crippen molar-refractivity contribution < 1.29 is 0 Å². The van der Waals surface area contributed by atoms with Crippen LogP contribution in [-0.2, 0) is 0 Å². The lowest BCUT2D eigenvalue weighted by Gasteiger charge is -2.44. The second kappa shape index (κ2) is 10.1. The molecule has 0 saturated carbocycles. The molecule has 49 heavy (non-hydrogen) atoms. The Morgan fingerprint density at radius 2 is 0.857 bits per heavy atom. The topological polar surface area (TPSA) is 6.48 Å². The van der Waals surface area contributed by atoms with E-state index in [1.807, 2.05) is 0 Å². The Labute approximate surface area is 285 Å². The van der Waals surface area contributed by atoms with Crippen molar-refractivity contribution in [3.8, 4) is 11.1 Å². The molecule has 0 bridgehead atoms. The highest BCUT2D eigenvalue weighted by molar-refractivity contribution is 7.00. The molecule has 0 unspecified atom stereocenters. The summed E-state index contributed by atoms with van der Waals surface area (Å²) in [5.41, 5.74) is 13.7. The van der Waals surface area contributed by atoms with Crippen molar-refractivity contribution in [2.45, 2.75) is 0 Å². The lowest BCUT2D eigenvalue weighted by molar-refractivity contribution is 1.25. The second-order valence-corrected chi connectivity index (χ2v) is 13.3. The molecule has 3 heteroatoms. The zero-order valence-electron chi connectivity index (χ0n) is 26.7. The van der Waals surface area contributed by atoms with Crippen LogP contribution in [0.25, 0.3) is 43.4 Å². The quantitative estimate of drug-likeness (QED) is 0.143. The van der Waals surface area contributed by atoms with Gasteiger partial charge in [0.25, 0.3) is 6.71 Å². The van der Waals surface area contributed by atoms with Gasteiger partial charge in [0.1, 0.15) is 0 Å². The van der Waals surface area contributed by atoms with Gasteiger partial charge in [0.15, 0.2) is 0 Å². The molecule has 9 aromatic carbocycles. The number of nitrogens with zero attached hydrogens (tertiary/aromatic N) is 2. The van der Waals surface area contributed by atoms with Crippen LogP contribution in [0.3, 0.4) is 0 Å². The standard InChI is InChI=1S/C46H29BN2/c1-3-14-34(15-4-1)48-40-20-9-7-18-38(40)47-39-19-8-10-21-41(39)49(35-16-5-2-6-17-35)43-29-33(28-42(48)46(43)47)36-26-24-32-23-22-30-12-11-13-31-25-27-37(36)45(32)44(30)31/h1-29H. The van der Waals surface area contributed by atoms with Crippen molar-refractivity contribution in [1.82, 2.24) is 0 Å². The Bertz CT molecular complexity index is 2610. The van der Waals surface area contributed by atoms with Crippen molar-refractivity contribution >= 4 is 89.5 Å². The predicted molar refractivity (Wildman–Crippen MR) is 210 cm³/mol. The SMILES string of the molecule is c1ccc(N2c3ccccc3B3c4ccccc4N(c4ccccc4)c4cc(-c5ccc6ccc7cccc8ccc5c6c78)cc2c43)cc1. The molecule has 0 N–H and O–H groups in total. The van der Waals surface area contributed by atoms with E-state index in [1.54, 1.807) is 0 Å². The molecule has 0 aliphatic carbocycles. The summed E-state index contributed by atoms with van der Waals surface area (Å²) < 4.78 is 0. The molecule has 0 radical (unpaired) electrons. The van der Waals surface area contributed by atoms with E-state index in [4.69, 9.17) is 0 Å². The number of anilines is 6. The van der Waals surface area contributed by atoms with Crippen molar-refractivity contribution in [3.63, 3.8) is 0 Å². The predicted octanol–water partition coefficient (Wildman–Crippen LogP) is 10.3. The average Bonchev–Trinajstić information content (AvgIpc) is 3.17. The van der Waals surface area contributed by atoms with Gasteiger partial charge >= 0.3 is 0 Å². The fraction of sp³-hybridized carbons (Fsp3) is 0. The summed E-state index contributed by atoms with van der Waals surface area (Å²) in [5, 5.41) is 7.83. The fourth-order valence-corrected chi connectivity index (χ4v) is 8.75. The van der Waals surface area contributed by atoms with Gasteiger partial charge in [0.2, 0.25) is 0 Å². The first kappa shape index (κ1) is 26.7. The van der Waals surface area contributed by atoms with Gasteiger partial charge in [-0.15, -0.1) is 0 Å². The van der Waals surface area contributed by atoms with E-state index >= 15 is 0 Å². The summed E-state index contributed by atoms with van der Waals surface area (Å²) in [7, 11) is 0. The molecule has 0 spiro atoms. The lowest BCUT2D eigenvalue weighted by Crippen LogP contribution is -2.61. The van der Waals surface area contributed by atoms with Gasteiger partial charge in [-0.25, -0.2) is 0 Å². The zero-order chi connectivity index (χ0) is 32.1. The Hall–Kier alpha value is -6.32. The van der Waals surface area contributed by atoms with E-state index in [-0.39, 0.29) is 6.71 Å². The Balaban J connectivity index is 1.28. The van der Waals surface area contributed by atoms with Crippen molar-refractivity contribution in [2.75, 3.05) is 9.80 Å². The minimum Gasteiger partial charge on any atom is -0.311 e. The molecule has 2 aliphatic heterocycles. The maximum Gasteiger partial charge on any atom is 0.252 e. The summed E-state index contributed by atoms with van der Waals surface area (Å²) in [6.45, 7) is 0.104. The van der Waals surface area contributed by atoms with E-state index in [9.17, 15) is 0 Å². The zero-order valence-corrected chi connectivity index (χ0v) is 26.7. The fourth-order valence-electron chi connectivity index (χ4n) is 8.75. The molecule has 0 fully saturated rings. The summed E-state index contributed by atoms with van der Waals surface area (Å²) in [6, 6.07) is 65.1. The first-order valence-electron chi connectivity index (χ1n) is 17.1. The van der Waals surface area contributed by atoms with Crippen LogP contribution in [0.1, 0.15) is 0 Å². The highest BCUT2D eigenvalue weighted by atomic mass is 15.2. The highest BCUT2D eigenvalue weighted by Crippen LogP contribution is 2.47. The van der Waals surface area contributed by atoms with Gasteiger partial charge in [-0.1, -0.05) is 127 Å². The van der Waals surface area contributed by atoms with Crippen molar-refractivity contribution in [2.24, 2.45) is 0 Å². The summed E-state index contributed by atoms with van der Waals surface area (Å²) >= 11 is 0. The van der Waals surface area contributed by atoms with Crippen LogP contribution in [0.5, 0.6) is 0 Å². The third kappa shape index (κ3) is 3.73. The summed E-state index contributed by atoms with van der Waals surface area (Å²) in [4.78, 5) is 4.97. The Morgan fingerprint density at radius 1 is 0.367 bits per heavy atom. The maximum atomic E-state index is 2.49. The van der Waals surface area contributed by atoms with Gasteiger partial charge in [0, 0.05) is 34.1 Å². The third-order valence-electron chi connectivity index (χ3n) is 10.8. The molecule has 11 rings (SSSR count). The minimum absolute atomic E-state index is 0.104. The lowest BCUT2D eigenvalue weighted by atomic mass is 9.33. The van der Waals surface area contributed by atoms with E-state index in [0.717, 1.165) is 11.4 Å². The number of para-hydroxylation sites is 4. The first-order valence-corrected chi connectivity index (χ1v) is 17.1. The van der Waals surface area contributed by atoms with Gasteiger partial charge < -0.3 is 9.80 Å².